The van der Waals surface area contributed by atoms with Gasteiger partial charge in [-0.05, 0) is 58.1 Å². The standard InChI is InChI=1S/C17H19BrN2O4/c1-3-11(2)12-4-6-13(7-5-12)23-10-16(21)19-20-17(22)14-8-9-15(18)24-14/h4-9,11H,3,10H2,1-2H3,(H,19,21)(H,20,22). The minimum Gasteiger partial charge on any atom is -0.484 e. The van der Waals surface area contributed by atoms with Gasteiger partial charge in [0.05, 0.1) is 0 Å². The molecule has 0 fully saturated rings. The molecule has 7 heteroatoms. The third-order valence-corrected chi connectivity index (χ3v) is 3.97. The van der Waals surface area contributed by atoms with Crippen molar-refractivity contribution in [1.82, 2.24) is 10.9 Å². The summed E-state index contributed by atoms with van der Waals surface area (Å²) in [4.78, 5) is 23.4. The minimum absolute atomic E-state index is 0.0868. The van der Waals surface area contributed by atoms with E-state index in [2.05, 4.69) is 40.6 Å². The van der Waals surface area contributed by atoms with Gasteiger partial charge >= 0.3 is 5.91 Å². The Balaban J connectivity index is 1.75. The number of benzene rings is 1. The lowest BCUT2D eigenvalue weighted by Gasteiger charge is -2.11. The van der Waals surface area contributed by atoms with Gasteiger partial charge < -0.3 is 9.15 Å². The van der Waals surface area contributed by atoms with Gasteiger partial charge in [0.1, 0.15) is 5.75 Å². The molecule has 0 radical (unpaired) electrons. The number of ether oxygens (including phenoxy) is 1. The molecule has 24 heavy (non-hydrogen) atoms. The van der Waals surface area contributed by atoms with Crippen LogP contribution in [0.4, 0.5) is 0 Å². The number of carbonyl (C=O) groups excluding carboxylic acids is 2. The average Bonchev–Trinajstić information content (AvgIpc) is 3.04. The van der Waals surface area contributed by atoms with E-state index in [-0.39, 0.29) is 12.4 Å². The van der Waals surface area contributed by atoms with E-state index in [4.69, 9.17) is 9.15 Å². The maximum Gasteiger partial charge on any atom is 0.305 e. The molecule has 2 aromatic rings. The summed E-state index contributed by atoms with van der Waals surface area (Å²) in [6.07, 6.45) is 1.06. The highest BCUT2D eigenvalue weighted by atomic mass is 79.9. The predicted octanol–water partition coefficient (Wildman–Crippen LogP) is 3.40. The third-order valence-electron chi connectivity index (χ3n) is 3.54. The van der Waals surface area contributed by atoms with Gasteiger partial charge in [0.25, 0.3) is 5.91 Å². The van der Waals surface area contributed by atoms with E-state index >= 15 is 0 Å². The van der Waals surface area contributed by atoms with Gasteiger partial charge in [-0.15, -0.1) is 0 Å². The van der Waals surface area contributed by atoms with Gasteiger partial charge in [-0.25, -0.2) is 0 Å². The molecule has 2 amide bonds. The predicted molar refractivity (Wildman–Crippen MR) is 92.7 cm³/mol. The van der Waals surface area contributed by atoms with Crippen LogP contribution in [0.3, 0.4) is 0 Å². The molecule has 1 atom stereocenters. The number of hydrazine groups is 1. The maximum atomic E-state index is 11.7. The molecular weight excluding hydrogens is 376 g/mol. The molecule has 0 aliphatic carbocycles. The summed E-state index contributed by atoms with van der Waals surface area (Å²) >= 11 is 3.10. The highest BCUT2D eigenvalue weighted by Crippen LogP contribution is 2.21. The van der Waals surface area contributed by atoms with E-state index in [0.717, 1.165) is 6.42 Å². The molecular formula is C17H19BrN2O4. The maximum absolute atomic E-state index is 11.7. The summed E-state index contributed by atoms with van der Waals surface area (Å²) in [5.41, 5.74) is 5.74. The Morgan fingerprint density at radius 3 is 2.46 bits per heavy atom. The van der Waals surface area contributed by atoms with Gasteiger partial charge in [-0.2, -0.15) is 0 Å². The molecule has 1 aromatic heterocycles. The molecule has 1 unspecified atom stereocenters. The Morgan fingerprint density at radius 2 is 1.88 bits per heavy atom. The number of amides is 2. The first-order valence-electron chi connectivity index (χ1n) is 7.57. The molecule has 0 bridgehead atoms. The van der Waals surface area contributed by atoms with Crippen LogP contribution in [0.2, 0.25) is 0 Å². The molecule has 2 rings (SSSR count). The molecule has 1 aromatic carbocycles. The fourth-order valence-electron chi connectivity index (χ4n) is 1.94. The van der Waals surface area contributed by atoms with Gasteiger partial charge in [0.15, 0.2) is 17.0 Å². The van der Waals surface area contributed by atoms with E-state index in [9.17, 15) is 9.59 Å². The fraction of sp³-hybridized carbons (Fsp3) is 0.294. The second-order valence-corrected chi connectivity index (χ2v) is 6.05. The second kappa shape index (κ2) is 8.54. The van der Waals surface area contributed by atoms with Crippen molar-refractivity contribution in [3.63, 3.8) is 0 Å². The fourth-order valence-corrected chi connectivity index (χ4v) is 2.24. The molecule has 0 saturated heterocycles. The van der Waals surface area contributed by atoms with Gasteiger partial charge in [-0.3, -0.25) is 20.4 Å². The zero-order chi connectivity index (χ0) is 17.5. The number of furan rings is 1. The molecule has 2 N–H and O–H groups in total. The van der Waals surface area contributed by atoms with Crippen LogP contribution in [0.1, 0.15) is 42.3 Å². The minimum atomic E-state index is -0.549. The smallest absolute Gasteiger partial charge is 0.305 e. The summed E-state index contributed by atoms with van der Waals surface area (Å²) < 4.78 is 10.9. The SMILES string of the molecule is CCC(C)c1ccc(OCC(=O)NNC(=O)c2ccc(Br)o2)cc1. The summed E-state index contributed by atoms with van der Waals surface area (Å²) in [6.45, 7) is 4.09. The molecule has 128 valence electrons. The first kappa shape index (κ1) is 18.1. The van der Waals surface area contributed by atoms with Crippen molar-refractivity contribution in [3.8, 4) is 5.75 Å². The summed E-state index contributed by atoms with van der Waals surface area (Å²) in [5, 5.41) is 0. The van der Waals surface area contributed by atoms with Gasteiger partial charge in [-0.1, -0.05) is 26.0 Å². The average molecular weight is 395 g/mol. The summed E-state index contributed by atoms with van der Waals surface area (Å²) in [7, 11) is 0. The number of nitrogens with one attached hydrogen (secondary N) is 2. The van der Waals surface area contributed by atoms with Gasteiger partial charge in [0, 0.05) is 0 Å². The van der Waals surface area contributed by atoms with Crippen molar-refractivity contribution in [2.24, 2.45) is 0 Å². The van der Waals surface area contributed by atoms with Gasteiger partial charge in [0.2, 0.25) is 0 Å². The number of rotatable bonds is 6. The Morgan fingerprint density at radius 1 is 1.17 bits per heavy atom. The number of carbonyl (C=O) groups is 2. The Bertz CT molecular complexity index is 697. The highest BCUT2D eigenvalue weighted by Gasteiger charge is 2.11. The monoisotopic (exact) mass is 394 g/mol. The lowest BCUT2D eigenvalue weighted by atomic mass is 9.99. The quantitative estimate of drug-likeness (QED) is 0.735. The first-order chi connectivity index (χ1) is 11.5. The van der Waals surface area contributed by atoms with Crippen LogP contribution < -0.4 is 15.6 Å². The van der Waals surface area contributed by atoms with Crippen LogP contribution in [-0.2, 0) is 4.79 Å². The van der Waals surface area contributed by atoms with Crippen molar-refractivity contribution in [2.45, 2.75) is 26.2 Å². The van der Waals surface area contributed by atoms with E-state index in [1.165, 1.54) is 11.6 Å². The van der Waals surface area contributed by atoms with Crippen LogP contribution >= 0.6 is 15.9 Å². The molecule has 0 aliphatic rings. The number of halogens is 1. The molecule has 0 saturated carbocycles. The van der Waals surface area contributed by atoms with Crippen LogP contribution in [0.5, 0.6) is 5.75 Å². The molecule has 1 heterocycles. The number of hydrogen-bond acceptors (Lipinski definition) is 4. The van der Waals surface area contributed by atoms with E-state index in [0.29, 0.717) is 16.3 Å². The van der Waals surface area contributed by atoms with E-state index in [1.54, 1.807) is 6.07 Å². The van der Waals surface area contributed by atoms with Crippen LogP contribution in [-0.4, -0.2) is 18.4 Å². The Labute approximate surface area is 148 Å². The normalized spacial score (nSPS) is 11.6. The van der Waals surface area contributed by atoms with Crippen molar-refractivity contribution >= 4 is 27.7 Å². The van der Waals surface area contributed by atoms with E-state index < -0.39 is 11.8 Å². The first-order valence-corrected chi connectivity index (χ1v) is 8.36. The highest BCUT2D eigenvalue weighted by molar-refractivity contribution is 9.10. The van der Waals surface area contributed by atoms with Crippen molar-refractivity contribution < 1.29 is 18.7 Å². The van der Waals surface area contributed by atoms with Crippen LogP contribution in [0.25, 0.3) is 0 Å². The molecule has 0 aliphatic heterocycles. The lowest BCUT2D eigenvalue weighted by molar-refractivity contribution is -0.123. The summed E-state index contributed by atoms with van der Waals surface area (Å²) in [5.74, 6) is 0.147. The zero-order valence-corrected chi connectivity index (χ0v) is 15.1. The third kappa shape index (κ3) is 5.13. The molecule has 6 nitrogen and oxygen atoms in total. The molecule has 0 spiro atoms. The Kier molecular flexibility index (Phi) is 6.43. The van der Waals surface area contributed by atoms with Crippen LogP contribution in [0.15, 0.2) is 45.5 Å². The van der Waals surface area contributed by atoms with Crippen molar-refractivity contribution in [1.29, 1.82) is 0 Å². The lowest BCUT2D eigenvalue weighted by Crippen LogP contribution is -2.43. The van der Waals surface area contributed by atoms with Crippen molar-refractivity contribution in [3.05, 3.63) is 52.4 Å². The number of hydrogen-bond donors (Lipinski definition) is 2. The Hall–Kier alpha value is -2.28. The van der Waals surface area contributed by atoms with Crippen molar-refractivity contribution in [2.75, 3.05) is 6.61 Å². The largest absolute Gasteiger partial charge is 0.484 e. The van der Waals surface area contributed by atoms with Crippen LogP contribution in [0, 0.1) is 0 Å². The van der Waals surface area contributed by atoms with E-state index in [1.807, 2.05) is 24.3 Å². The second-order valence-electron chi connectivity index (χ2n) is 5.27. The summed E-state index contributed by atoms with van der Waals surface area (Å²) in [6, 6.07) is 10.7. The zero-order valence-electron chi connectivity index (χ0n) is 13.5. The topological polar surface area (TPSA) is 80.6 Å².